The maximum atomic E-state index is 11.6. The van der Waals surface area contributed by atoms with Crippen molar-refractivity contribution in [1.82, 2.24) is 4.57 Å². The van der Waals surface area contributed by atoms with Gasteiger partial charge >= 0.3 is 0 Å². The Hall–Kier alpha value is -2.62. The molecule has 1 heterocycles. The molecule has 168 valence electrons. The largest absolute Gasteiger partial charge is 0.344 e. The molecule has 4 rings (SSSR count). The number of fused-ring (bicyclic) bond motifs is 1. The molecule has 0 aliphatic heterocycles. The van der Waals surface area contributed by atoms with Crippen LogP contribution in [0.2, 0.25) is 0 Å². The van der Waals surface area contributed by atoms with Gasteiger partial charge < -0.3 is 4.57 Å². The Morgan fingerprint density at radius 3 is 2.62 bits per heavy atom. The van der Waals surface area contributed by atoms with Gasteiger partial charge in [-0.1, -0.05) is 55.2 Å². The smallest absolute Gasteiger partial charge is 0.264 e. The lowest BCUT2D eigenvalue weighted by molar-refractivity contribution is 0.309. The first-order chi connectivity index (χ1) is 15.4. The van der Waals surface area contributed by atoms with Gasteiger partial charge in [0, 0.05) is 23.7 Å². The number of nitrogens with zero attached hydrogens (tertiary/aromatic N) is 2. The van der Waals surface area contributed by atoms with Crippen molar-refractivity contribution in [3.8, 4) is 0 Å². The molecule has 0 spiro atoms. The molecule has 6 heteroatoms. The monoisotopic (exact) mass is 450 g/mol. The maximum Gasteiger partial charge on any atom is 0.264 e. The minimum Gasteiger partial charge on any atom is -0.344 e. The maximum absolute atomic E-state index is 11.6. The average molecular weight is 451 g/mol. The van der Waals surface area contributed by atoms with Crippen LogP contribution in [-0.4, -0.2) is 25.8 Å². The van der Waals surface area contributed by atoms with Gasteiger partial charge in [0.15, 0.2) is 5.69 Å². The van der Waals surface area contributed by atoms with Crippen LogP contribution < -0.4 is 0 Å². The SMILES string of the molecule is [C-]#[N+]c1ccc2c(c1)c(C(CCOS(C)(=O)=O)c1cccc(C)c1)cn2C1CCCCC1. The van der Waals surface area contributed by atoms with Gasteiger partial charge in [-0.3, -0.25) is 4.18 Å². The summed E-state index contributed by atoms with van der Waals surface area (Å²) < 4.78 is 30.7. The third-order valence-electron chi connectivity index (χ3n) is 6.47. The zero-order chi connectivity index (χ0) is 22.7. The van der Waals surface area contributed by atoms with Gasteiger partial charge in [-0.15, -0.1) is 0 Å². The summed E-state index contributed by atoms with van der Waals surface area (Å²) in [4.78, 5) is 3.66. The lowest BCUT2D eigenvalue weighted by Crippen LogP contribution is -2.12. The van der Waals surface area contributed by atoms with E-state index in [9.17, 15) is 8.42 Å². The van der Waals surface area contributed by atoms with Gasteiger partial charge in [-0.2, -0.15) is 8.42 Å². The summed E-state index contributed by atoms with van der Waals surface area (Å²) in [7, 11) is -3.50. The highest BCUT2D eigenvalue weighted by Gasteiger charge is 2.24. The van der Waals surface area contributed by atoms with Crippen molar-refractivity contribution in [3.63, 3.8) is 0 Å². The predicted molar refractivity (Wildman–Crippen MR) is 129 cm³/mol. The minimum atomic E-state index is -3.50. The first kappa shape index (κ1) is 22.6. The lowest BCUT2D eigenvalue weighted by atomic mass is 9.88. The second-order valence-electron chi connectivity index (χ2n) is 8.88. The predicted octanol–water partition coefficient (Wildman–Crippen LogP) is 6.50. The molecule has 0 saturated heterocycles. The van der Waals surface area contributed by atoms with Gasteiger partial charge in [0.2, 0.25) is 0 Å². The first-order valence-electron chi connectivity index (χ1n) is 11.3. The van der Waals surface area contributed by atoms with E-state index < -0.39 is 10.1 Å². The molecule has 1 fully saturated rings. The number of aromatic nitrogens is 1. The zero-order valence-electron chi connectivity index (χ0n) is 18.8. The Morgan fingerprint density at radius 2 is 1.94 bits per heavy atom. The molecule has 0 amide bonds. The Balaban J connectivity index is 1.83. The Bertz CT molecular complexity index is 1250. The number of hydrogen-bond donors (Lipinski definition) is 0. The van der Waals surface area contributed by atoms with Gasteiger partial charge in [-0.25, -0.2) is 4.85 Å². The van der Waals surface area contributed by atoms with E-state index in [1.165, 1.54) is 32.1 Å². The zero-order valence-corrected chi connectivity index (χ0v) is 19.6. The van der Waals surface area contributed by atoms with Crippen molar-refractivity contribution in [1.29, 1.82) is 0 Å². The quantitative estimate of drug-likeness (QED) is 0.305. The molecule has 0 radical (unpaired) electrons. The highest BCUT2D eigenvalue weighted by molar-refractivity contribution is 7.85. The van der Waals surface area contributed by atoms with Crippen molar-refractivity contribution in [3.05, 3.63) is 76.8 Å². The van der Waals surface area contributed by atoms with Crippen LogP contribution in [0, 0.1) is 13.5 Å². The van der Waals surface area contributed by atoms with Crippen molar-refractivity contribution >= 4 is 26.7 Å². The second-order valence-corrected chi connectivity index (χ2v) is 10.5. The van der Waals surface area contributed by atoms with Crippen LogP contribution in [0.3, 0.4) is 0 Å². The molecular formula is C26H30N2O3S. The number of benzene rings is 2. The topological polar surface area (TPSA) is 52.7 Å². The van der Waals surface area contributed by atoms with E-state index in [4.69, 9.17) is 10.8 Å². The number of rotatable bonds is 7. The van der Waals surface area contributed by atoms with E-state index in [2.05, 4.69) is 46.8 Å². The summed E-state index contributed by atoms with van der Waals surface area (Å²) in [6.45, 7) is 9.69. The highest BCUT2D eigenvalue weighted by Crippen LogP contribution is 2.40. The van der Waals surface area contributed by atoms with Crippen LogP contribution in [0.25, 0.3) is 15.7 Å². The van der Waals surface area contributed by atoms with Crippen molar-refractivity contribution in [2.45, 2.75) is 57.4 Å². The molecule has 1 aliphatic rings. The molecule has 0 N–H and O–H groups in total. The molecule has 1 saturated carbocycles. The van der Waals surface area contributed by atoms with Crippen LogP contribution in [-0.2, 0) is 14.3 Å². The third kappa shape index (κ3) is 5.06. The Morgan fingerprint density at radius 1 is 1.16 bits per heavy atom. The highest BCUT2D eigenvalue weighted by atomic mass is 32.2. The molecule has 0 bridgehead atoms. The van der Waals surface area contributed by atoms with Crippen LogP contribution >= 0.6 is 0 Å². The normalized spacial score (nSPS) is 16.2. The van der Waals surface area contributed by atoms with Gasteiger partial charge in [0.1, 0.15) is 0 Å². The molecular weight excluding hydrogens is 420 g/mol. The van der Waals surface area contributed by atoms with Crippen LogP contribution in [0.1, 0.15) is 67.2 Å². The molecule has 3 aromatic rings. The summed E-state index contributed by atoms with van der Waals surface area (Å²) in [5.74, 6) is -0.0232. The summed E-state index contributed by atoms with van der Waals surface area (Å²) in [5, 5.41) is 1.08. The number of aryl methyl sites for hydroxylation is 1. The third-order valence-corrected chi connectivity index (χ3v) is 7.06. The van der Waals surface area contributed by atoms with Crippen LogP contribution in [0.4, 0.5) is 5.69 Å². The van der Waals surface area contributed by atoms with Gasteiger partial charge in [-0.05, 0) is 54.8 Å². The molecule has 1 unspecified atom stereocenters. The summed E-state index contributed by atoms with van der Waals surface area (Å²) >= 11 is 0. The number of hydrogen-bond acceptors (Lipinski definition) is 3. The van der Waals surface area contributed by atoms with Crippen LogP contribution in [0.15, 0.2) is 48.7 Å². The lowest BCUT2D eigenvalue weighted by Gasteiger charge is -2.24. The molecule has 32 heavy (non-hydrogen) atoms. The standard InChI is InChI=1S/C26H30N2O3S/c1-19-8-7-9-20(16-19)23(14-15-31-32(3,29)30)25-18-28(22-10-5-4-6-11-22)26-13-12-21(27-2)17-24(25)26/h7-9,12-13,16-18,22-23H,4-6,10-11,14-15H2,1,3H3. The fourth-order valence-electron chi connectivity index (χ4n) is 4.98. The summed E-state index contributed by atoms with van der Waals surface area (Å²) in [6, 6.07) is 14.8. The average Bonchev–Trinajstić information content (AvgIpc) is 3.15. The molecule has 1 atom stereocenters. The minimum absolute atomic E-state index is 0.0232. The van der Waals surface area contributed by atoms with Crippen molar-refractivity contribution in [2.24, 2.45) is 0 Å². The van der Waals surface area contributed by atoms with Crippen molar-refractivity contribution in [2.75, 3.05) is 12.9 Å². The van der Waals surface area contributed by atoms with Gasteiger partial charge in [0.25, 0.3) is 10.1 Å². The van der Waals surface area contributed by atoms with Crippen LogP contribution in [0.5, 0.6) is 0 Å². The second kappa shape index (κ2) is 9.48. The Kier molecular flexibility index (Phi) is 6.68. The molecule has 5 nitrogen and oxygen atoms in total. The van der Waals surface area contributed by atoms with E-state index >= 15 is 0 Å². The summed E-state index contributed by atoms with van der Waals surface area (Å²) in [6.07, 6.45) is 9.99. The van der Waals surface area contributed by atoms with E-state index in [0.29, 0.717) is 18.2 Å². The van der Waals surface area contributed by atoms with E-state index in [0.717, 1.165) is 33.8 Å². The fraction of sp³-hybridized carbons (Fsp3) is 0.423. The van der Waals surface area contributed by atoms with Gasteiger partial charge in [0.05, 0.1) is 19.4 Å². The first-order valence-corrected chi connectivity index (χ1v) is 13.1. The molecule has 1 aliphatic carbocycles. The van der Waals surface area contributed by atoms with E-state index in [1.54, 1.807) is 0 Å². The summed E-state index contributed by atoms with van der Waals surface area (Å²) in [5.41, 5.74) is 5.21. The molecule has 2 aromatic carbocycles. The molecule has 1 aromatic heterocycles. The Labute approximate surface area is 191 Å². The fourth-order valence-corrected chi connectivity index (χ4v) is 5.38. The van der Waals surface area contributed by atoms with Crippen molar-refractivity contribution < 1.29 is 12.6 Å². The van der Waals surface area contributed by atoms with E-state index in [1.807, 2.05) is 18.2 Å². The van der Waals surface area contributed by atoms with E-state index in [-0.39, 0.29) is 12.5 Å².